The highest BCUT2D eigenvalue weighted by atomic mass is 19.4. The summed E-state index contributed by atoms with van der Waals surface area (Å²) in [4.78, 5) is 24.4. The summed E-state index contributed by atoms with van der Waals surface area (Å²) in [7, 11) is 1.29. The van der Waals surface area contributed by atoms with Gasteiger partial charge in [-0.3, -0.25) is 14.2 Å². The fraction of sp³-hybridized carbons (Fsp3) is 0.300. The Morgan fingerprint density at radius 2 is 1.97 bits per heavy atom. The van der Waals surface area contributed by atoms with Crippen LogP contribution in [0.4, 0.5) is 18.9 Å². The molecule has 1 atom stereocenters. The Bertz CT molecular complexity index is 1100. The van der Waals surface area contributed by atoms with Crippen LogP contribution >= 0.6 is 0 Å². The van der Waals surface area contributed by atoms with Crippen LogP contribution in [0.2, 0.25) is 0 Å². The second-order valence-corrected chi connectivity index (χ2v) is 6.85. The van der Waals surface area contributed by atoms with Crippen LogP contribution in [0.15, 0.2) is 42.7 Å². The number of nitrogens with one attached hydrogen (secondary N) is 1. The molecule has 0 saturated carbocycles. The van der Waals surface area contributed by atoms with Crippen molar-refractivity contribution in [3.8, 4) is 0 Å². The number of nitrogens with zero attached hydrogens (tertiary/aromatic N) is 4. The molecule has 1 unspecified atom stereocenters. The summed E-state index contributed by atoms with van der Waals surface area (Å²) in [6.45, 7) is 3.15. The molecule has 0 fully saturated rings. The van der Waals surface area contributed by atoms with Crippen molar-refractivity contribution in [2.45, 2.75) is 32.6 Å². The van der Waals surface area contributed by atoms with Gasteiger partial charge in [-0.1, -0.05) is 18.2 Å². The van der Waals surface area contributed by atoms with Gasteiger partial charge >= 0.3 is 12.1 Å². The van der Waals surface area contributed by atoms with Crippen molar-refractivity contribution in [1.29, 1.82) is 0 Å². The van der Waals surface area contributed by atoms with E-state index >= 15 is 0 Å². The maximum atomic E-state index is 12.9. The van der Waals surface area contributed by atoms with Crippen LogP contribution in [-0.4, -0.2) is 38.5 Å². The SMILES string of the molecule is COC(=O)c1ccccc1Cn1cc(NC(=O)C(C)n2nc(C(F)(F)F)cc2C)cn1. The molecule has 3 aromatic rings. The number of hydrogen-bond acceptors (Lipinski definition) is 5. The summed E-state index contributed by atoms with van der Waals surface area (Å²) in [5.74, 6) is -1.02. The number of methoxy groups -OCH3 is 1. The maximum Gasteiger partial charge on any atom is 0.435 e. The smallest absolute Gasteiger partial charge is 0.435 e. The van der Waals surface area contributed by atoms with Crippen molar-refractivity contribution < 1.29 is 27.5 Å². The van der Waals surface area contributed by atoms with E-state index in [4.69, 9.17) is 4.74 Å². The third-order valence-electron chi connectivity index (χ3n) is 4.61. The van der Waals surface area contributed by atoms with E-state index in [1.54, 1.807) is 30.5 Å². The number of halogens is 3. The second-order valence-electron chi connectivity index (χ2n) is 6.85. The summed E-state index contributed by atoms with van der Waals surface area (Å²) in [5.41, 5.74) is 0.588. The van der Waals surface area contributed by atoms with E-state index in [0.29, 0.717) is 16.8 Å². The van der Waals surface area contributed by atoms with Gasteiger partial charge in [-0.2, -0.15) is 23.4 Å². The third kappa shape index (κ3) is 4.93. The zero-order chi connectivity index (χ0) is 22.8. The molecule has 2 aromatic heterocycles. The van der Waals surface area contributed by atoms with Gasteiger partial charge in [-0.05, 0) is 31.5 Å². The predicted molar refractivity (Wildman–Crippen MR) is 104 cm³/mol. The van der Waals surface area contributed by atoms with Gasteiger partial charge in [0, 0.05) is 11.9 Å². The number of esters is 1. The molecule has 8 nitrogen and oxygen atoms in total. The van der Waals surface area contributed by atoms with Crippen molar-refractivity contribution >= 4 is 17.6 Å². The summed E-state index contributed by atoms with van der Waals surface area (Å²) in [5, 5.41) is 10.3. The minimum atomic E-state index is -4.59. The van der Waals surface area contributed by atoms with Crippen LogP contribution < -0.4 is 5.32 Å². The van der Waals surface area contributed by atoms with Crippen molar-refractivity contribution in [1.82, 2.24) is 19.6 Å². The number of hydrogen-bond donors (Lipinski definition) is 1. The Kier molecular flexibility index (Phi) is 6.14. The molecule has 0 spiro atoms. The van der Waals surface area contributed by atoms with Crippen molar-refractivity contribution in [2.24, 2.45) is 0 Å². The van der Waals surface area contributed by atoms with E-state index in [0.717, 1.165) is 10.7 Å². The van der Waals surface area contributed by atoms with E-state index in [9.17, 15) is 22.8 Å². The van der Waals surface area contributed by atoms with E-state index < -0.39 is 29.8 Å². The molecular formula is C20H20F3N5O3. The Morgan fingerprint density at radius 3 is 2.61 bits per heavy atom. The van der Waals surface area contributed by atoms with Crippen LogP contribution in [0.25, 0.3) is 0 Å². The number of ether oxygens (including phenoxy) is 1. The van der Waals surface area contributed by atoms with Gasteiger partial charge in [-0.15, -0.1) is 0 Å². The topological polar surface area (TPSA) is 91.0 Å². The fourth-order valence-corrected chi connectivity index (χ4v) is 3.03. The summed E-state index contributed by atoms with van der Waals surface area (Å²) in [6.07, 6.45) is -1.63. The minimum absolute atomic E-state index is 0.213. The van der Waals surface area contributed by atoms with E-state index in [2.05, 4.69) is 15.5 Å². The Balaban J connectivity index is 1.71. The average molecular weight is 435 g/mol. The number of aryl methyl sites for hydroxylation is 1. The molecule has 2 heterocycles. The van der Waals surface area contributed by atoms with Crippen LogP contribution in [0.5, 0.6) is 0 Å². The molecule has 0 aliphatic rings. The highest BCUT2D eigenvalue weighted by molar-refractivity contribution is 5.93. The third-order valence-corrected chi connectivity index (χ3v) is 4.61. The lowest BCUT2D eigenvalue weighted by Gasteiger charge is -2.13. The number of amides is 1. The first-order valence-electron chi connectivity index (χ1n) is 9.23. The first-order valence-corrected chi connectivity index (χ1v) is 9.23. The van der Waals surface area contributed by atoms with Crippen molar-refractivity contribution in [3.63, 3.8) is 0 Å². The Labute approximate surface area is 175 Å². The molecule has 0 aliphatic heterocycles. The molecule has 0 radical (unpaired) electrons. The Hall–Kier alpha value is -3.63. The van der Waals surface area contributed by atoms with Crippen molar-refractivity contribution in [2.75, 3.05) is 12.4 Å². The summed E-state index contributed by atoms with van der Waals surface area (Å²) in [6, 6.07) is 6.80. The molecule has 0 bridgehead atoms. The molecule has 0 aliphatic carbocycles. The van der Waals surface area contributed by atoms with E-state index in [1.807, 2.05) is 0 Å². The van der Waals surface area contributed by atoms with Gasteiger partial charge in [0.15, 0.2) is 5.69 Å². The van der Waals surface area contributed by atoms with Crippen LogP contribution in [0.3, 0.4) is 0 Å². The minimum Gasteiger partial charge on any atom is -0.465 e. The molecule has 3 rings (SSSR count). The molecule has 1 aromatic carbocycles. The van der Waals surface area contributed by atoms with E-state index in [1.165, 1.54) is 31.8 Å². The summed E-state index contributed by atoms with van der Waals surface area (Å²) < 4.78 is 45.9. The monoisotopic (exact) mass is 435 g/mol. The van der Waals surface area contributed by atoms with Gasteiger partial charge in [0.2, 0.25) is 5.91 Å². The highest BCUT2D eigenvalue weighted by Gasteiger charge is 2.35. The maximum absolute atomic E-state index is 12.9. The van der Waals surface area contributed by atoms with Crippen molar-refractivity contribution in [3.05, 3.63) is 65.2 Å². The van der Waals surface area contributed by atoms with Crippen LogP contribution in [0.1, 0.15) is 40.3 Å². The first kappa shape index (κ1) is 22.1. The quantitative estimate of drug-likeness (QED) is 0.599. The first-order chi connectivity index (χ1) is 14.6. The van der Waals surface area contributed by atoms with Crippen LogP contribution in [-0.2, 0) is 22.3 Å². The Morgan fingerprint density at radius 1 is 1.26 bits per heavy atom. The zero-order valence-corrected chi connectivity index (χ0v) is 17.0. The molecular weight excluding hydrogens is 415 g/mol. The molecule has 31 heavy (non-hydrogen) atoms. The average Bonchev–Trinajstić information content (AvgIpc) is 3.33. The number of rotatable bonds is 6. The summed E-state index contributed by atoms with van der Waals surface area (Å²) >= 11 is 0. The molecule has 11 heteroatoms. The number of carbonyl (C=O) groups excluding carboxylic acids is 2. The number of carbonyl (C=O) groups is 2. The predicted octanol–water partition coefficient (Wildman–Crippen LogP) is 3.44. The van der Waals surface area contributed by atoms with Gasteiger partial charge in [0.05, 0.1) is 31.1 Å². The van der Waals surface area contributed by atoms with E-state index in [-0.39, 0.29) is 12.2 Å². The lowest BCUT2D eigenvalue weighted by molar-refractivity contribution is -0.141. The highest BCUT2D eigenvalue weighted by Crippen LogP contribution is 2.29. The lowest BCUT2D eigenvalue weighted by Crippen LogP contribution is -2.25. The zero-order valence-electron chi connectivity index (χ0n) is 17.0. The molecule has 0 saturated heterocycles. The second kappa shape index (κ2) is 8.62. The molecule has 1 amide bonds. The fourth-order valence-electron chi connectivity index (χ4n) is 3.03. The van der Waals surface area contributed by atoms with Gasteiger partial charge in [0.25, 0.3) is 0 Å². The van der Waals surface area contributed by atoms with Gasteiger partial charge in [-0.25, -0.2) is 4.79 Å². The number of alkyl halides is 3. The largest absolute Gasteiger partial charge is 0.465 e. The lowest BCUT2D eigenvalue weighted by atomic mass is 10.1. The van der Waals surface area contributed by atoms with Gasteiger partial charge in [0.1, 0.15) is 6.04 Å². The number of anilines is 1. The standard InChI is InChI=1S/C20H20F3N5O3/c1-12-8-17(20(21,22)23)26-28(12)13(2)18(29)25-15-9-24-27(11-15)10-14-6-4-5-7-16(14)19(30)31-3/h4-9,11,13H,10H2,1-3H3,(H,25,29). The van der Waals surface area contributed by atoms with Crippen LogP contribution in [0, 0.1) is 6.92 Å². The molecule has 1 N–H and O–H groups in total. The number of aromatic nitrogens is 4. The van der Waals surface area contributed by atoms with Gasteiger partial charge < -0.3 is 10.1 Å². The normalized spacial score (nSPS) is 12.5. The molecule has 164 valence electrons. The number of benzene rings is 1.